The molecule has 31 heavy (non-hydrogen) atoms. The van der Waals surface area contributed by atoms with Crippen molar-refractivity contribution in [1.29, 1.82) is 0 Å². The number of imide groups is 1. The summed E-state index contributed by atoms with van der Waals surface area (Å²) in [6.45, 7) is 4.75. The maximum absolute atomic E-state index is 12.6. The first kappa shape index (κ1) is 22.6. The fraction of sp³-hybridized carbons (Fsp3) is 0.545. The van der Waals surface area contributed by atoms with Crippen LogP contribution in [0.4, 0.5) is 4.79 Å². The van der Waals surface area contributed by atoms with Crippen LogP contribution in [-0.4, -0.2) is 66.3 Å². The van der Waals surface area contributed by atoms with Gasteiger partial charge in [-0.1, -0.05) is 32.6 Å². The first-order chi connectivity index (χ1) is 15.0. The number of hydrogen-bond donors (Lipinski definition) is 2. The molecule has 0 spiro atoms. The zero-order valence-electron chi connectivity index (χ0n) is 18.7. The molecule has 2 unspecified atom stereocenters. The monoisotopic (exact) mass is 428 g/mol. The number of unbranched alkanes of at least 4 members (excludes halogenated alkanes) is 4. The minimum Gasteiger partial charge on any atom is -0.497 e. The summed E-state index contributed by atoms with van der Waals surface area (Å²) < 4.78 is 5.20. The Labute approximate surface area is 183 Å². The van der Waals surface area contributed by atoms with Crippen LogP contribution in [0.15, 0.2) is 34.4 Å². The van der Waals surface area contributed by atoms with Crippen LogP contribution in [0.5, 0.6) is 5.75 Å². The molecule has 2 aliphatic heterocycles. The number of carbonyl (C=O) groups excluding carboxylic acids is 2. The summed E-state index contributed by atoms with van der Waals surface area (Å²) in [5.74, 6) is 0.967. The van der Waals surface area contributed by atoms with E-state index in [4.69, 9.17) is 4.74 Å². The van der Waals surface area contributed by atoms with Gasteiger partial charge in [0.2, 0.25) is 5.96 Å². The topological polar surface area (TPSA) is 98.6 Å². The summed E-state index contributed by atoms with van der Waals surface area (Å²) in [6, 6.07) is 6.64. The van der Waals surface area contributed by atoms with E-state index in [9.17, 15) is 9.59 Å². The normalized spacial score (nSPS) is 21.0. The Bertz CT molecular complexity index is 851. The van der Waals surface area contributed by atoms with Gasteiger partial charge in [-0.2, -0.15) is 5.10 Å². The van der Waals surface area contributed by atoms with Gasteiger partial charge < -0.3 is 14.5 Å². The second-order valence-electron chi connectivity index (χ2n) is 7.86. The predicted octanol–water partition coefficient (Wildman–Crippen LogP) is 2.53. The van der Waals surface area contributed by atoms with Gasteiger partial charge in [-0.05, 0) is 43.2 Å². The molecular weight excluding hydrogens is 396 g/mol. The highest BCUT2D eigenvalue weighted by Crippen LogP contribution is 2.24. The second-order valence-corrected chi connectivity index (χ2v) is 7.86. The lowest BCUT2D eigenvalue weighted by Gasteiger charge is -2.36. The number of likely N-dealkylation sites (N-methyl/N-ethyl adjacent to an activating group) is 1. The summed E-state index contributed by atoms with van der Waals surface area (Å²) in [6.07, 6.45) is 5.01. The van der Waals surface area contributed by atoms with Gasteiger partial charge in [0.25, 0.3) is 5.91 Å². The quantitative estimate of drug-likeness (QED) is 0.358. The smallest absolute Gasteiger partial charge is 0.325 e. The van der Waals surface area contributed by atoms with Crippen LogP contribution < -0.4 is 15.5 Å². The van der Waals surface area contributed by atoms with Gasteiger partial charge in [-0.25, -0.2) is 15.2 Å². The number of benzene rings is 1. The lowest BCUT2D eigenvalue weighted by molar-refractivity contribution is -0.127. The number of rotatable bonds is 9. The molecule has 0 aliphatic carbocycles. The van der Waals surface area contributed by atoms with E-state index in [1.54, 1.807) is 14.2 Å². The summed E-state index contributed by atoms with van der Waals surface area (Å²) in [5, 5.41) is 6.91. The Morgan fingerprint density at radius 1 is 1.19 bits per heavy atom. The van der Waals surface area contributed by atoms with E-state index in [1.807, 2.05) is 36.1 Å². The average Bonchev–Trinajstić information content (AvgIpc) is 3.15. The van der Waals surface area contributed by atoms with Crippen LogP contribution in [0.3, 0.4) is 0 Å². The molecule has 1 saturated heterocycles. The van der Waals surface area contributed by atoms with E-state index in [1.165, 1.54) is 17.7 Å². The lowest BCUT2D eigenvalue weighted by Crippen LogP contribution is -2.64. The Morgan fingerprint density at radius 2 is 1.90 bits per heavy atom. The van der Waals surface area contributed by atoms with Crippen molar-refractivity contribution < 1.29 is 14.3 Å². The molecule has 1 aromatic carbocycles. The van der Waals surface area contributed by atoms with E-state index in [-0.39, 0.29) is 5.91 Å². The van der Waals surface area contributed by atoms with E-state index in [2.05, 4.69) is 27.8 Å². The molecule has 2 atom stereocenters. The number of nitrogens with zero attached hydrogens (tertiary/aromatic N) is 4. The van der Waals surface area contributed by atoms with E-state index in [0.717, 1.165) is 36.3 Å². The third kappa shape index (κ3) is 5.15. The number of hydrazone groups is 1. The largest absolute Gasteiger partial charge is 0.497 e. The number of aliphatic imine (C=N–C) groups is 1. The van der Waals surface area contributed by atoms with Gasteiger partial charge in [-0.15, -0.1) is 0 Å². The average molecular weight is 429 g/mol. The first-order valence-corrected chi connectivity index (χ1v) is 10.8. The van der Waals surface area contributed by atoms with Crippen LogP contribution in [0.1, 0.15) is 51.5 Å². The SMILES string of the molecule is CCCCCCCN1C(N/N=C(/C)c2ccc(OC)cc2)=NC2C1C(=O)NC(=O)N2C. The molecule has 9 heteroatoms. The number of urea groups is 1. The van der Waals surface area contributed by atoms with Gasteiger partial charge >= 0.3 is 6.03 Å². The number of nitrogens with one attached hydrogen (secondary N) is 2. The maximum atomic E-state index is 12.6. The number of methoxy groups -OCH3 is 1. The van der Waals surface area contributed by atoms with Crippen LogP contribution in [0, 0.1) is 0 Å². The van der Waals surface area contributed by atoms with Gasteiger partial charge in [-0.3, -0.25) is 10.1 Å². The molecule has 1 aromatic rings. The van der Waals surface area contributed by atoms with Crippen molar-refractivity contribution in [3.05, 3.63) is 29.8 Å². The van der Waals surface area contributed by atoms with Crippen molar-refractivity contribution in [3.63, 3.8) is 0 Å². The van der Waals surface area contributed by atoms with Gasteiger partial charge in [0.15, 0.2) is 12.2 Å². The van der Waals surface area contributed by atoms with Gasteiger partial charge in [0.1, 0.15) is 5.75 Å². The maximum Gasteiger partial charge on any atom is 0.325 e. The molecule has 3 amide bonds. The van der Waals surface area contributed by atoms with Crippen LogP contribution in [0.2, 0.25) is 0 Å². The zero-order chi connectivity index (χ0) is 22.4. The minimum atomic E-state index is -0.559. The summed E-state index contributed by atoms with van der Waals surface area (Å²) in [7, 11) is 3.28. The highest BCUT2D eigenvalue weighted by molar-refractivity contribution is 6.04. The van der Waals surface area contributed by atoms with Crippen molar-refractivity contribution >= 4 is 23.6 Å². The molecule has 9 nitrogen and oxygen atoms in total. The van der Waals surface area contributed by atoms with Crippen molar-refractivity contribution in [2.24, 2.45) is 10.1 Å². The van der Waals surface area contributed by atoms with E-state index < -0.39 is 18.2 Å². The van der Waals surface area contributed by atoms with E-state index >= 15 is 0 Å². The van der Waals surface area contributed by atoms with Crippen molar-refractivity contribution in [2.75, 3.05) is 20.7 Å². The Morgan fingerprint density at radius 3 is 2.58 bits per heavy atom. The molecule has 168 valence electrons. The zero-order valence-corrected chi connectivity index (χ0v) is 18.7. The first-order valence-electron chi connectivity index (χ1n) is 10.8. The third-order valence-corrected chi connectivity index (χ3v) is 5.69. The molecule has 0 saturated carbocycles. The summed E-state index contributed by atoms with van der Waals surface area (Å²) in [5.41, 5.74) is 4.76. The highest BCUT2D eigenvalue weighted by atomic mass is 16.5. The highest BCUT2D eigenvalue weighted by Gasteiger charge is 2.48. The molecule has 0 radical (unpaired) electrons. The van der Waals surface area contributed by atoms with E-state index in [0.29, 0.717) is 12.5 Å². The third-order valence-electron chi connectivity index (χ3n) is 5.69. The molecule has 1 fully saturated rings. The van der Waals surface area contributed by atoms with Gasteiger partial charge in [0, 0.05) is 13.6 Å². The van der Waals surface area contributed by atoms with Crippen molar-refractivity contribution in [2.45, 2.75) is 58.2 Å². The fourth-order valence-corrected chi connectivity index (χ4v) is 3.78. The standard InChI is InChI=1S/C22H32N6O3/c1-5-6-7-8-9-14-28-18-19(27(3)22(30)24-20(18)29)23-21(28)26-25-15(2)16-10-12-17(31-4)13-11-16/h10-13,18-19H,5-9,14H2,1-4H3,(H,23,26)(H,24,29,30)/b25-15-. The van der Waals surface area contributed by atoms with Crippen LogP contribution >= 0.6 is 0 Å². The Balaban J connectivity index is 1.75. The number of carbonyl (C=O) groups is 2. The molecule has 2 N–H and O–H groups in total. The summed E-state index contributed by atoms with van der Waals surface area (Å²) >= 11 is 0. The Kier molecular flexibility index (Phi) is 7.49. The molecular formula is C22H32N6O3. The van der Waals surface area contributed by atoms with Crippen molar-refractivity contribution in [1.82, 2.24) is 20.5 Å². The number of guanidine groups is 1. The lowest BCUT2D eigenvalue weighted by atomic mass is 10.1. The number of ether oxygens (including phenoxy) is 1. The fourth-order valence-electron chi connectivity index (χ4n) is 3.78. The Hall–Kier alpha value is -3.10. The predicted molar refractivity (Wildman–Crippen MR) is 120 cm³/mol. The number of hydrogen-bond acceptors (Lipinski definition) is 7. The molecule has 2 aliphatic rings. The molecule has 2 heterocycles. The summed E-state index contributed by atoms with van der Waals surface area (Å²) in [4.78, 5) is 32.7. The molecule has 3 rings (SSSR count). The van der Waals surface area contributed by atoms with Crippen LogP contribution in [-0.2, 0) is 4.79 Å². The molecule has 0 bridgehead atoms. The second kappa shape index (κ2) is 10.3. The molecule has 0 aromatic heterocycles. The minimum absolute atomic E-state index is 0.321. The van der Waals surface area contributed by atoms with Gasteiger partial charge in [0.05, 0.1) is 12.8 Å². The number of amides is 3. The van der Waals surface area contributed by atoms with Crippen LogP contribution in [0.25, 0.3) is 0 Å². The number of fused-ring (bicyclic) bond motifs is 1. The van der Waals surface area contributed by atoms with Crippen molar-refractivity contribution in [3.8, 4) is 5.75 Å².